The number of nitrogens with one attached hydrogen (secondary N) is 3. The summed E-state index contributed by atoms with van der Waals surface area (Å²) in [5.74, 6) is -7.52. The Morgan fingerprint density at radius 3 is 1.81 bits per heavy atom. The van der Waals surface area contributed by atoms with Crippen molar-refractivity contribution >= 4 is 41.5 Å². The Morgan fingerprint density at radius 2 is 1.33 bits per heavy atom. The van der Waals surface area contributed by atoms with Crippen LogP contribution in [0.1, 0.15) is 50.7 Å². The van der Waals surface area contributed by atoms with Gasteiger partial charge in [-0.2, -0.15) is 13.2 Å². The van der Waals surface area contributed by atoms with Crippen LogP contribution in [0, 0.1) is 5.92 Å². The normalized spacial score (nSPS) is 16.1. The van der Waals surface area contributed by atoms with Crippen LogP contribution >= 0.6 is 0 Å². The molecule has 10 N–H and O–H groups in total. The molecule has 5 atom stereocenters. The number of carboxylic acid groups (broad SMARTS) is 2. The summed E-state index contributed by atoms with van der Waals surface area (Å²) in [6, 6.07) is 9.01. The highest BCUT2D eigenvalue weighted by Crippen LogP contribution is 2.21. The zero-order valence-corrected chi connectivity index (χ0v) is 29.5. The van der Waals surface area contributed by atoms with Crippen molar-refractivity contribution in [1.29, 1.82) is 0 Å². The van der Waals surface area contributed by atoms with Gasteiger partial charge in [-0.25, -0.2) is 4.79 Å². The molecular formula is C35H45F3N6O10. The van der Waals surface area contributed by atoms with E-state index in [1.165, 1.54) is 17.0 Å². The van der Waals surface area contributed by atoms with Gasteiger partial charge in [0.15, 0.2) is 0 Å². The number of nitrogens with zero attached hydrogens (tertiary/aromatic N) is 1. The third-order valence-corrected chi connectivity index (χ3v) is 8.09. The number of halogens is 3. The van der Waals surface area contributed by atoms with Crippen molar-refractivity contribution in [3.8, 4) is 5.75 Å². The van der Waals surface area contributed by atoms with E-state index in [1.807, 2.05) is 13.8 Å². The van der Waals surface area contributed by atoms with Crippen molar-refractivity contribution in [3.05, 3.63) is 65.7 Å². The van der Waals surface area contributed by atoms with Crippen LogP contribution < -0.4 is 27.4 Å². The molecule has 54 heavy (non-hydrogen) atoms. The van der Waals surface area contributed by atoms with E-state index in [-0.39, 0.29) is 30.4 Å². The summed E-state index contributed by atoms with van der Waals surface area (Å²) in [6.07, 6.45) is -4.52. The fraction of sp³-hybridized carbons (Fsp3) is 0.457. The first-order valence-corrected chi connectivity index (χ1v) is 16.8. The number of hydrogen-bond acceptors (Lipinski definition) is 9. The standard InChI is InChI=1S/C33H44N6O8.C2HF3O2/c1-19(2)15-23(34)33(47)39-14-6-9-27(39)32(46)38-26(17-21-10-12-22(40)13-11-21)31(45)37-25(16-20-7-4-3-5-8-20)30(44)36-24(29(35)43)18-28(41)42;3-2(4,5)1(6)7/h3-5,7-8,10-13,19,23-27,40H,6,9,14-18,34H2,1-2H3,(H2,35,43)(H,36,44)(H,37,45)(H,38,46)(H,41,42);(H,6,7)/t23-,24-,25-,26-,27-;/m0./s1. The molecule has 296 valence electrons. The highest BCUT2D eigenvalue weighted by atomic mass is 19.4. The molecule has 1 saturated heterocycles. The number of alkyl halides is 3. The number of primary amides is 1. The van der Waals surface area contributed by atoms with Gasteiger partial charge >= 0.3 is 18.1 Å². The molecule has 19 heteroatoms. The van der Waals surface area contributed by atoms with Gasteiger partial charge in [-0.05, 0) is 48.4 Å². The lowest BCUT2D eigenvalue weighted by molar-refractivity contribution is -0.192. The van der Waals surface area contributed by atoms with Gasteiger partial charge in [0.05, 0.1) is 12.5 Å². The number of likely N-dealkylation sites (tertiary alicyclic amines) is 1. The highest BCUT2D eigenvalue weighted by molar-refractivity contribution is 5.96. The summed E-state index contributed by atoms with van der Waals surface area (Å²) in [5.41, 5.74) is 12.7. The molecule has 0 spiro atoms. The second-order valence-electron chi connectivity index (χ2n) is 13.0. The molecule has 1 aliphatic heterocycles. The molecule has 3 rings (SSSR count). The van der Waals surface area contributed by atoms with E-state index in [1.54, 1.807) is 42.5 Å². The number of phenolic OH excluding ortho intramolecular Hbond substituents is 1. The third kappa shape index (κ3) is 14.7. The van der Waals surface area contributed by atoms with Crippen molar-refractivity contribution in [3.63, 3.8) is 0 Å². The number of carbonyl (C=O) groups excluding carboxylic acids is 5. The molecule has 0 saturated carbocycles. The lowest BCUT2D eigenvalue weighted by Gasteiger charge is -2.29. The van der Waals surface area contributed by atoms with E-state index < -0.39 is 78.4 Å². The monoisotopic (exact) mass is 766 g/mol. The molecule has 0 unspecified atom stereocenters. The van der Waals surface area contributed by atoms with Gasteiger partial charge in [0.2, 0.25) is 29.5 Å². The molecule has 0 aliphatic carbocycles. The Hall–Kier alpha value is -5.72. The smallest absolute Gasteiger partial charge is 0.490 e. The van der Waals surface area contributed by atoms with E-state index in [0.29, 0.717) is 36.9 Å². The summed E-state index contributed by atoms with van der Waals surface area (Å²) in [7, 11) is 0. The predicted molar refractivity (Wildman–Crippen MR) is 185 cm³/mol. The van der Waals surface area contributed by atoms with E-state index in [2.05, 4.69) is 16.0 Å². The van der Waals surface area contributed by atoms with Gasteiger partial charge in [0.1, 0.15) is 29.9 Å². The van der Waals surface area contributed by atoms with Crippen LogP contribution in [0.4, 0.5) is 13.2 Å². The number of phenols is 1. The van der Waals surface area contributed by atoms with Crippen LogP contribution in [0.15, 0.2) is 54.6 Å². The van der Waals surface area contributed by atoms with Gasteiger partial charge in [-0.3, -0.25) is 28.8 Å². The van der Waals surface area contributed by atoms with Gasteiger partial charge in [0, 0.05) is 19.4 Å². The SMILES string of the molecule is CC(C)C[C@H](N)C(=O)N1CCC[C@H]1C(=O)N[C@@H](Cc1ccc(O)cc1)C(=O)N[C@@H](Cc1ccccc1)C(=O)N[C@@H](CC(=O)O)C(N)=O.O=C(O)C(F)(F)F. The highest BCUT2D eigenvalue weighted by Gasteiger charge is 2.39. The van der Waals surface area contributed by atoms with Crippen molar-refractivity contribution in [2.24, 2.45) is 17.4 Å². The quantitative estimate of drug-likeness (QED) is 0.117. The Kier molecular flexibility index (Phi) is 16.9. The predicted octanol–water partition coefficient (Wildman–Crippen LogP) is 0.590. The van der Waals surface area contributed by atoms with E-state index >= 15 is 0 Å². The molecule has 0 aromatic heterocycles. The Labute approximate surface area is 308 Å². The third-order valence-electron chi connectivity index (χ3n) is 8.09. The van der Waals surface area contributed by atoms with Crippen LogP contribution in [-0.4, -0.2) is 105 Å². The molecule has 1 fully saturated rings. The number of carboxylic acids is 2. The number of hydrogen-bond donors (Lipinski definition) is 8. The topological polar surface area (TPSA) is 272 Å². The van der Waals surface area contributed by atoms with Crippen molar-refractivity contribution in [2.75, 3.05) is 6.54 Å². The second kappa shape index (κ2) is 20.5. The van der Waals surface area contributed by atoms with E-state index in [4.69, 9.17) is 21.4 Å². The van der Waals surface area contributed by atoms with Gasteiger partial charge in [0.25, 0.3) is 0 Å². The van der Waals surface area contributed by atoms with Crippen LogP contribution in [0.2, 0.25) is 0 Å². The molecule has 16 nitrogen and oxygen atoms in total. The number of aliphatic carboxylic acids is 2. The fourth-order valence-corrected chi connectivity index (χ4v) is 5.47. The summed E-state index contributed by atoms with van der Waals surface area (Å²) in [6.45, 7) is 4.23. The minimum Gasteiger partial charge on any atom is -0.508 e. The average Bonchev–Trinajstić information content (AvgIpc) is 3.58. The summed E-state index contributed by atoms with van der Waals surface area (Å²) in [5, 5.41) is 33.8. The average molecular weight is 767 g/mol. The van der Waals surface area contributed by atoms with E-state index in [0.717, 1.165) is 0 Å². The first-order chi connectivity index (χ1) is 25.2. The largest absolute Gasteiger partial charge is 0.508 e. The zero-order chi connectivity index (χ0) is 40.7. The Morgan fingerprint density at radius 1 is 0.833 bits per heavy atom. The number of carbonyl (C=O) groups is 7. The van der Waals surface area contributed by atoms with Crippen LogP contribution in [0.5, 0.6) is 5.75 Å². The minimum absolute atomic E-state index is 0.00148. The first kappa shape index (κ1) is 44.4. The minimum atomic E-state index is -5.08. The number of aromatic hydroxyl groups is 1. The summed E-state index contributed by atoms with van der Waals surface area (Å²) < 4.78 is 31.7. The maximum atomic E-state index is 13.9. The number of nitrogens with two attached hydrogens (primary N) is 2. The molecular weight excluding hydrogens is 721 g/mol. The van der Waals surface area contributed by atoms with Crippen molar-refractivity contribution < 1.29 is 62.1 Å². The van der Waals surface area contributed by atoms with Gasteiger partial charge < -0.3 is 47.6 Å². The number of benzene rings is 2. The molecule has 1 aliphatic rings. The Bertz CT molecular complexity index is 1630. The molecule has 0 radical (unpaired) electrons. The molecule has 2 aromatic rings. The van der Waals surface area contributed by atoms with Gasteiger partial charge in [-0.1, -0.05) is 56.3 Å². The lowest BCUT2D eigenvalue weighted by Crippen LogP contribution is -2.59. The van der Waals surface area contributed by atoms with Crippen molar-refractivity contribution in [1.82, 2.24) is 20.9 Å². The number of rotatable bonds is 16. The maximum absolute atomic E-state index is 13.9. The van der Waals surface area contributed by atoms with Crippen LogP contribution in [-0.2, 0) is 46.4 Å². The summed E-state index contributed by atoms with van der Waals surface area (Å²) >= 11 is 0. The lowest BCUT2D eigenvalue weighted by atomic mass is 10.0. The fourth-order valence-electron chi connectivity index (χ4n) is 5.47. The summed E-state index contributed by atoms with van der Waals surface area (Å²) in [4.78, 5) is 87.5. The molecule has 5 amide bonds. The molecule has 2 aromatic carbocycles. The molecule has 0 bridgehead atoms. The second-order valence-corrected chi connectivity index (χ2v) is 13.0. The van der Waals surface area contributed by atoms with Gasteiger partial charge in [-0.15, -0.1) is 0 Å². The van der Waals surface area contributed by atoms with Crippen LogP contribution in [0.25, 0.3) is 0 Å². The maximum Gasteiger partial charge on any atom is 0.490 e. The van der Waals surface area contributed by atoms with E-state index in [9.17, 15) is 52.2 Å². The Balaban J connectivity index is 0.00000131. The van der Waals surface area contributed by atoms with Crippen molar-refractivity contribution in [2.45, 2.75) is 88.8 Å². The zero-order valence-electron chi connectivity index (χ0n) is 29.5. The molecule has 1 heterocycles. The first-order valence-electron chi connectivity index (χ1n) is 16.8. The van der Waals surface area contributed by atoms with Crippen LogP contribution in [0.3, 0.4) is 0 Å². The number of amides is 5.